The molecule has 0 fully saturated rings. The fourth-order valence-corrected chi connectivity index (χ4v) is 2.82. The first kappa shape index (κ1) is 18.4. The average Bonchev–Trinajstić information content (AvgIpc) is 2.68. The van der Waals surface area contributed by atoms with Crippen LogP contribution in [-0.4, -0.2) is 19.5 Å². The van der Waals surface area contributed by atoms with Gasteiger partial charge in [0.05, 0.1) is 19.8 Å². The predicted molar refractivity (Wildman–Crippen MR) is 105 cm³/mol. The van der Waals surface area contributed by atoms with Gasteiger partial charge in [-0.1, -0.05) is 55.5 Å². The minimum Gasteiger partial charge on any atom is -0.465 e. The van der Waals surface area contributed by atoms with Gasteiger partial charge in [0.2, 0.25) is 0 Å². The van der Waals surface area contributed by atoms with Crippen molar-refractivity contribution in [1.82, 2.24) is 0 Å². The van der Waals surface area contributed by atoms with Crippen molar-refractivity contribution in [3.8, 4) is 5.75 Å². The molecule has 0 aromatic heterocycles. The molecule has 0 aliphatic rings. The van der Waals surface area contributed by atoms with Gasteiger partial charge in [-0.05, 0) is 53.4 Å². The number of rotatable bonds is 9. The summed E-state index contributed by atoms with van der Waals surface area (Å²) >= 11 is 0. The highest BCUT2D eigenvalue weighted by Crippen LogP contribution is 2.16. The molecule has 0 N–H and O–H groups in total. The highest BCUT2D eigenvalue weighted by atomic mass is 16.7. The zero-order valence-electron chi connectivity index (χ0n) is 15.5. The molecule has 136 valence electrons. The molecule has 0 aliphatic carbocycles. The maximum atomic E-state index is 5.75. The summed E-state index contributed by atoms with van der Waals surface area (Å²) in [4.78, 5) is 0. The first-order valence-corrected chi connectivity index (χ1v) is 9.17. The van der Waals surface area contributed by atoms with Gasteiger partial charge in [-0.3, -0.25) is 0 Å². The summed E-state index contributed by atoms with van der Waals surface area (Å²) in [6.45, 7) is 5.66. The molecule has 3 nitrogen and oxygen atoms in total. The van der Waals surface area contributed by atoms with E-state index in [2.05, 4.69) is 61.5 Å². The Balaban J connectivity index is 1.36. The molecule has 26 heavy (non-hydrogen) atoms. The second-order valence-electron chi connectivity index (χ2n) is 6.29. The predicted octanol–water partition coefficient (Wildman–Crippen LogP) is 5.36. The molecule has 3 heteroatoms. The van der Waals surface area contributed by atoms with Gasteiger partial charge in [0.15, 0.2) is 6.29 Å². The van der Waals surface area contributed by atoms with Crippen molar-refractivity contribution in [2.24, 2.45) is 0 Å². The smallest absolute Gasteiger partial charge is 0.197 e. The Labute approximate surface area is 155 Å². The second kappa shape index (κ2) is 9.37. The van der Waals surface area contributed by atoms with Crippen LogP contribution in [-0.2, 0) is 22.5 Å². The summed E-state index contributed by atoms with van der Waals surface area (Å²) in [5.41, 5.74) is 2.47. The fraction of sp³-hybridized carbons (Fsp3) is 0.304. The maximum Gasteiger partial charge on any atom is 0.197 e. The Morgan fingerprint density at radius 3 is 2.31 bits per heavy atom. The van der Waals surface area contributed by atoms with Crippen LogP contribution in [0.3, 0.4) is 0 Å². The zero-order chi connectivity index (χ0) is 18.2. The Morgan fingerprint density at radius 2 is 1.54 bits per heavy atom. The van der Waals surface area contributed by atoms with Gasteiger partial charge in [-0.2, -0.15) is 0 Å². The summed E-state index contributed by atoms with van der Waals surface area (Å²) in [6, 6.07) is 22.9. The van der Waals surface area contributed by atoms with Crippen molar-refractivity contribution in [2.45, 2.75) is 33.2 Å². The van der Waals surface area contributed by atoms with Gasteiger partial charge in [-0.25, -0.2) is 0 Å². The lowest BCUT2D eigenvalue weighted by atomic mass is 10.1. The molecule has 0 saturated carbocycles. The first-order valence-electron chi connectivity index (χ1n) is 9.17. The number of fused-ring (bicyclic) bond motifs is 1. The lowest BCUT2D eigenvalue weighted by Gasteiger charge is -2.15. The fourth-order valence-electron chi connectivity index (χ4n) is 2.82. The Hall–Kier alpha value is -2.36. The molecular formula is C23H26O3. The van der Waals surface area contributed by atoms with Gasteiger partial charge in [-0.15, -0.1) is 0 Å². The highest BCUT2D eigenvalue weighted by Gasteiger charge is 2.04. The Morgan fingerprint density at radius 1 is 0.808 bits per heavy atom. The van der Waals surface area contributed by atoms with Crippen molar-refractivity contribution in [3.05, 3.63) is 77.9 Å². The van der Waals surface area contributed by atoms with Gasteiger partial charge < -0.3 is 14.2 Å². The molecule has 3 rings (SSSR count). The SMILES string of the molecule is CCc1ccc(OC(C)OCCOCc2ccc3ccccc3c2)cc1. The maximum absolute atomic E-state index is 5.75. The van der Waals surface area contributed by atoms with E-state index in [4.69, 9.17) is 14.2 Å². The van der Waals surface area contributed by atoms with Crippen molar-refractivity contribution in [1.29, 1.82) is 0 Å². The van der Waals surface area contributed by atoms with E-state index in [0.717, 1.165) is 12.2 Å². The normalized spacial score (nSPS) is 12.2. The van der Waals surface area contributed by atoms with Crippen LogP contribution in [0.15, 0.2) is 66.7 Å². The first-order chi connectivity index (χ1) is 12.7. The molecule has 0 amide bonds. The van der Waals surface area contributed by atoms with Crippen LogP contribution >= 0.6 is 0 Å². The average molecular weight is 350 g/mol. The van der Waals surface area contributed by atoms with Crippen molar-refractivity contribution in [2.75, 3.05) is 13.2 Å². The molecule has 1 unspecified atom stereocenters. The summed E-state index contributed by atoms with van der Waals surface area (Å²) < 4.78 is 17.1. The van der Waals surface area contributed by atoms with E-state index in [1.807, 2.05) is 19.1 Å². The van der Waals surface area contributed by atoms with E-state index < -0.39 is 0 Å². The van der Waals surface area contributed by atoms with Crippen LogP contribution in [0.5, 0.6) is 5.75 Å². The van der Waals surface area contributed by atoms with E-state index in [1.54, 1.807) is 0 Å². The number of hydrogen-bond donors (Lipinski definition) is 0. The topological polar surface area (TPSA) is 27.7 Å². The molecule has 0 heterocycles. The van der Waals surface area contributed by atoms with Crippen LogP contribution in [0, 0.1) is 0 Å². The number of hydrogen-bond acceptors (Lipinski definition) is 3. The molecule has 0 spiro atoms. The van der Waals surface area contributed by atoms with Gasteiger partial charge in [0.25, 0.3) is 0 Å². The minimum atomic E-state index is -0.299. The summed E-state index contributed by atoms with van der Waals surface area (Å²) in [5.74, 6) is 0.826. The van der Waals surface area contributed by atoms with E-state index in [9.17, 15) is 0 Å². The zero-order valence-corrected chi connectivity index (χ0v) is 15.5. The van der Waals surface area contributed by atoms with Crippen LogP contribution in [0.2, 0.25) is 0 Å². The largest absolute Gasteiger partial charge is 0.465 e. The molecule has 1 atom stereocenters. The quantitative estimate of drug-likeness (QED) is 0.384. The van der Waals surface area contributed by atoms with Crippen LogP contribution < -0.4 is 4.74 Å². The third-order valence-corrected chi connectivity index (χ3v) is 4.30. The standard InChI is InChI=1S/C23H26O3/c1-3-19-9-12-23(13-10-19)26-18(2)25-15-14-24-17-20-8-11-21-6-4-5-7-22(21)16-20/h4-13,16,18H,3,14-15,17H2,1-2H3. The molecule has 3 aromatic carbocycles. The van der Waals surface area contributed by atoms with Gasteiger partial charge in [0.1, 0.15) is 5.75 Å². The van der Waals surface area contributed by atoms with Crippen molar-refractivity contribution in [3.63, 3.8) is 0 Å². The number of ether oxygens (including phenoxy) is 3. The van der Waals surface area contributed by atoms with Crippen LogP contribution in [0.1, 0.15) is 25.0 Å². The van der Waals surface area contributed by atoms with E-state index in [-0.39, 0.29) is 6.29 Å². The monoisotopic (exact) mass is 350 g/mol. The molecule has 3 aromatic rings. The molecule has 0 saturated heterocycles. The van der Waals surface area contributed by atoms with Crippen molar-refractivity contribution >= 4 is 10.8 Å². The summed E-state index contributed by atoms with van der Waals surface area (Å²) in [6.07, 6.45) is 0.729. The van der Waals surface area contributed by atoms with Crippen LogP contribution in [0.25, 0.3) is 10.8 Å². The minimum absolute atomic E-state index is 0.299. The molecule has 0 aliphatic heterocycles. The van der Waals surface area contributed by atoms with E-state index >= 15 is 0 Å². The summed E-state index contributed by atoms with van der Waals surface area (Å²) in [7, 11) is 0. The van der Waals surface area contributed by atoms with Gasteiger partial charge >= 0.3 is 0 Å². The van der Waals surface area contributed by atoms with Gasteiger partial charge in [0, 0.05) is 0 Å². The Bertz CT molecular complexity index is 811. The second-order valence-corrected chi connectivity index (χ2v) is 6.29. The molecule has 0 bridgehead atoms. The summed E-state index contributed by atoms with van der Waals surface area (Å²) in [5, 5.41) is 2.48. The lowest BCUT2D eigenvalue weighted by Crippen LogP contribution is -2.19. The van der Waals surface area contributed by atoms with E-state index in [0.29, 0.717) is 19.8 Å². The molecular weight excluding hydrogens is 324 g/mol. The number of benzene rings is 3. The number of aryl methyl sites for hydroxylation is 1. The highest BCUT2D eigenvalue weighted by molar-refractivity contribution is 5.82. The van der Waals surface area contributed by atoms with Crippen molar-refractivity contribution < 1.29 is 14.2 Å². The molecule has 0 radical (unpaired) electrons. The lowest BCUT2D eigenvalue weighted by molar-refractivity contribution is -0.0848. The van der Waals surface area contributed by atoms with E-state index in [1.165, 1.54) is 21.9 Å². The Kier molecular flexibility index (Phi) is 6.64. The third kappa shape index (κ3) is 5.32. The van der Waals surface area contributed by atoms with Crippen LogP contribution in [0.4, 0.5) is 0 Å². The third-order valence-electron chi connectivity index (χ3n) is 4.30.